The minimum Gasteiger partial charge on any atom is -0.417 e. The van der Waals surface area contributed by atoms with Crippen molar-refractivity contribution in [3.8, 4) is 0 Å². The smallest absolute Gasteiger partial charge is 0.197 e. The number of unbranched alkanes of at least 4 members (excludes halogenated alkanes) is 1. The van der Waals surface area contributed by atoms with Crippen LogP contribution >= 0.6 is 0 Å². The molecule has 0 radical (unpaired) electrons. The normalized spacial score (nSPS) is 12.9. The molecular weight excluding hydrogens is 188 g/mol. The highest BCUT2D eigenvalue weighted by Gasteiger charge is 2.40. The molecule has 0 saturated carbocycles. The van der Waals surface area contributed by atoms with Crippen LogP contribution in [0.15, 0.2) is 0 Å². The van der Waals surface area contributed by atoms with Crippen LogP contribution < -0.4 is 0 Å². The highest BCUT2D eigenvalue weighted by molar-refractivity contribution is 6.76. The van der Waals surface area contributed by atoms with E-state index in [0.29, 0.717) is 0 Å². The molecule has 0 fully saturated rings. The summed E-state index contributed by atoms with van der Waals surface area (Å²) in [6, 6.07) is 1.34. The Balaban J connectivity index is 4.56. The summed E-state index contributed by atoms with van der Waals surface area (Å²) >= 11 is 0. The summed E-state index contributed by atoms with van der Waals surface area (Å²) in [4.78, 5) is 0. The van der Waals surface area contributed by atoms with Crippen molar-refractivity contribution in [1.29, 1.82) is 0 Å². The van der Waals surface area contributed by atoms with Crippen molar-refractivity contribution in [2.24, 2.45) is 0 Å². The van der Waals surface area contributed by atoms with Crippen LogP contribution in [0.2, 0.25) is 17.1 Å². The Morgan fingerprint density at radius 2 is 1.50 bits per heavy atom. The van der Waals surface area contributed by atoms with E-state index in [1.54, 1.807) is 0 Å². The molecule has 0 aromatic carbocycles. The largest absolute Gasteiger partial charge is 0.417 e. The van der Waals surface area contributed by atoms with Crippen LogP contribution in [0.4, 0.5) is 0 Å². The van der Waals surface area contributed by atoms with Crippen molar-refractivity contribution in [2.75, 3.05) is 6.61 Å². The fraction of sp³-hybridized carbons (Fsp3) is 1.00. The Hall–Kier alpha value is 0.177. The molecule has 2 heteroatoms. The van der Waals surface area contributed by atoms with E-state index in [9.17, 15) is 0 Å². The molecule has 0 atom stereocenters. The van der Waals surface area contributed by atoms with E-state index in [4.69, 9.17) is 4.43 Å². The van der Waals surface area contributed by atoms with Gasteiger partial charge in [-0.2, -0.15) is 0 Å². The van der Waals surface area contributed by atoms with Crippen molar-refractivity contribution in [3.63, 3.8) is 0 Å². The third-order valence-corrected chi connectivity index (χ3v) is 9.16. The predicted octanol–water partition coefficient (Wildman–Crippen LogP) is 4.59. The van der Waals surface area contributed by atoms with Gasteiger partial charge in [-0.25, -0.2) is 0 Å². The van der Waals surface area contributed by atoms with Gasteiger partial charge >= 0.3 is 0 Å². The highest BCUT2D eigenvalue weighted by Crippen LogP contribution is 2.38. The topological polar surface area (TPSA) is 9.23 Å². The predicted molar refractivity (Wildman–Crippen MR) is 67.3 cm³/mol. The lowest BCUT2D eigenvalue weighted by molar-refractivity contribution is 0.302. The van der Waals surface area contributed by atoms with Crippen LogP contribution in [0.3, 0.4) is 0 Å². The molecule has 14 heavy (non-hydrogen) atoms. The van der Waals surface area contributed by atoms with Crippen molar-refractivity contribution < 1.29 is 4.43 Å². The van der Waals surface area contributed by atoms with Crippen LogP contribution in [-0.2, 0) is 4.43 Å². The Morgan fingerprint density at radius 3 is 1.79 bits per heavy atom. The minimum absolute atomic E-state index is 0.744. The van der Waals surface area contributed by atoms with Gasteiger partial charge in [-0.1, -0.05) is 47.5 Å². The first-order chi connectivity index (χ1) is 6.51. The maximum atomic E-state index is 6.19. The molecule has 0 saturated heterocycles. The second kappa shape index (κ2) is 6.62. The zero-order valence-electron chi connectivity index (χ0n) is 10.9. The summed E-state index contributed by atoms with van der Waals surface area (Å²) in [5.74, 6) is 0. The van der Waals surface area contributed by atoms with Crippen LogP contribution in [0.5, 0.6) is 0 Å². The van der Waals surface area contributed by atoms with Crippen molar-refractivity contribution in [1.82, 2.24) is 0 Å². The summed E-state index contributed by atoms with van der Waals surface area (Å²) in [6.45, 7) is 14.7. The van der Waals surface area contributed by atoms with Gasteiger partial charge in [-0.15, -0.1) is 0 Å². The second-order valence-electron chi connectivity index (χ2n) is 4.80. The quantitative estimate of drug-likeness (QED) is 0.566. The van der Waals surface area contributed by atoms with E-state index < -0.39 is 8.32 Å². The van der Waals surface area contributed by atoms with Crippen molar-refractivity contribution >= 4 is 8.32 Å². The van der Waals surface area contributed by atoms with Gasteiger partial charge in [0.05, 0.1) is 0 Å². The summed E-state index contributed by atoms with van der Waals surface area (Å²) in [5.41, 5.74) is 1.49. The Bertz CT molecular complexity index is 135. The molecule has 0 aromatic heterocycles. The summed E-state index contributed by atoms with van der Waals surface area (Å²) < 4.78 is 6.19. The van der Waals surface area contributed by atoms with Gasteiger partial charge in [0.2, 0.25) is 0 Å². The highest BCUT2D eigenvalue weighted by atomic mass is 28.4. The van der Waals surface area contributed by atoms with Crippen LogP contribution in [0.25, 0.3) is 0 Å². The number of hydrogen-bond acceptors (Lipinski definition) is 1. The first-order valence-corrected chi connectivity index (χ1v) is 8.42. The molecule has 0 unspecified atom stereocenters. The maximum Gasteiger partial charge on any atom is 0.197 e. The van der Waals surface area contributed by atoms with Gasteiger partial charge in [0.1, 0.15) is 0 Å². The molecule has 0 heterocycles. The molecule has 0 spiro atoms. The van der Waals surface area contributed by atoms with E-state index >= 15 is 0 Å². The van der Waals surface area contributed by atoms with Crippen LogP contribution in [0.1, 0.15) is 54.4 Å². The van der Waals surface area contributed by atoms with E-state index in [1.807, 2.05) is 0 Å². The maximum absolute atomic E-state index is 6.19. The molecule has 0 bridgehead atoms. The number of hydrogen-bond donors (Lipinski definition) is 0. The van der Waals surface area contributed by atoms with E-state index in [1.165, 1.54) is 18.9 Å². The van der Waals surface area contributed by atoms with Gasteiger partial charge in [0.15, 0.2) is 8.32 Å². The van der Waals surface area contributed by atoms with Gasteiger partial charge in [0.25, 0.3) is 0 Å². The zero-order chi connectivity index (χ0) is 11.2. The Labute approximate surface area is 91.4 Å². The lowest BCUT2D eigenvalue weighted by atomic mass is 10.4. The standard InChI is InChI=1S/C12H28OSi/c1-7-9-10-14(11(3)4,12(5)6)13-8-2/h11-12H,7-10H2,1-6H3. The molecular formula is C12H28OSi. The fourth-order valence-electron chi connectivity index (χ4n) is 2.37. The molecule has 86 valence electrons. The first kappa shape index (κ1) is 14.2. The van der Waals surface area contributed by atoms with Crippen LogP contribution in [0, 0.1) is 0 Å². The lowest BCUT2D eigenvalue weighted by Gasteiger charge is -2.38. The summed E-state index contributed by atoms with van der Waals surface area (Å²) in [7, 11) is -1.47. The third kappa shape index (κ3) is 3.39. The van der Waals surface area contributed by atoms with Gasteiger partial charge in [-0.05, 0) is 24.1 Å². The average molecular weight is 216 g/mol. The Kier molecular flexibility index (Phi) is 6.71. The monoisotopic (exact) mass is 216 g/mol. The third-order valence-electron chi connectivity index (χ3n) is 3.29. The summed E-state index contributed by atoms with van der Waals surface area (Å²) in [6.07, 6.45) is 2.63. The molecule has 0 aliphatic heterocycles. The number of rotatable bonds is 7. The van der Waals surface area contributed by atoms with E-state index in [-0.39, 0.29) is 0 Å². The molecule has 0 aliphatic rings. The second-order valence-corrected chi connectivity index (χ2v) is 9.81. The Morgan fingerprint density at radius 1 is 1.00 bits per heavy atom. The molecule has 0 amide bonds. The average Bonchev–Trinajstić information content (AvgIpc) is 2.11. The molecule has 0 aromatic rings. The van der Waals surface area contributed by atoms with E-state index in [2.05, 4.69) is 41.5 Å². The fourth-order valence-corrected chi connectivity index (χ4v) is 7.11. The van der Waals surface area contributed by atoms with Crippen molar-refractivity contribution in [3.05, 3.63) is 0 Å². The summed E-state index contributed by atoms with van der Waals surface area (Å²) in [5, 5.41) is 0. The van der Waals surface area contributed by atoms with Gasteiger partial charge in [0, 0.05) is 6.61 Å². The van der Waals surface area contributed by atoms with Gasteiger partial charge in [-0.3, -0.25) is 0 Å². The van der Waals surface area contributed by atoms with Crippen molar-refractivity contribution in [2.45, 2.75) is 71.5 Å². The molecule has 1 nitrogen and oxygen atoms in total. The SMILES string of the molecule is CCCC[Si](OCC)(C(C)C)C(C)C. The zero-order valence-corrected chi connectivity index (χ0v) is 11.9. The minimum atomic E-state index is -1.47. The lowest BCUT2D eigenvalue weighted by Crippen LogP contribution is -2.44. The van der Waals surface area contributed by atoms with E-state index in [0.717, 1.165) is 17.7 Å². The first-order valence-electron chi connectivity index (χ1n) is 6.15. The molecule has 0 rings (SSSR count). The van der Waals surface area contributed by atoms with Gasteiger partial charge < -0.3 is 4.43 Å². The molecule has 0 N–H and O–H groups in total. The van der Waals surface area contributed by atoms with Crippen LogP contribution in [-0.4, -0.2) is 14.9 Å². The molecule has 0 aliphatic carbocycles.